The van der Waals surface area contributed by atoms with E-state index in [1.165, 1.54) is 75.9 Å². The van der Waals surface area contributed by atoms with Crippen molar-refractivity contribution < 1.29 is 19.1 Å². The molecule has 35 heavy (non-hydrogen) atoms. The van der Waals surface area contributed by atoms with E-state index in [0.29, 0.717) is 11.5 Å². The van der Waals surface area contributed by atoms with Crippen LogP contribution in [0.5, 0.6) is 11.5 Å². The first-order valence-corrected chi connectivity index (χ1v) is 15.6. The van der Waals surface area contributed by atoms with Crippen LogP contribution in [0.2, 0.25) is 10.6 Å². The number of rotatable bonds is 18. The van der Waals surface area contributed by atoms with Gasteiger partial charge in [0.2, 0.25) is 0 Å². The molecule has 0 aliphatic carbocycles. The Bertz CT molecular complexity index is 809. The van der Waals surface area contributed by atoms with Crippen molar-refractivity contribution in [2.75, 3.05) is 0 Å². The Kier molecular flexibility index (Phi) is 15.2. The molecule has 0 radical (unpaired) electrons. The van der Waals surface area contributed by atoms with Crippen LogP contribution in [0.4, 0.5) is 0 Å². The molecule has 0 spiro atoms. The van der Waals surface area contributed by atoms with Gasteiger partial charge in [-0.25, -0.2) is 0 Å². The van der Waals surface area contributed by atoms with Crippen LogP contribution in [0.15, 0.2) is 48.5 Å². The summed E-state index contributed by atoms with van der Waals surface area (Å²) < 4.78 is 10.6. The van der Waals surface area contributed by atoms with E-state index in [9.17, 15) is 9.59 Å². The van der Waals surface area contributed by atoms with Crippen LogP contribution in [0.1, 0.15) is 89.2 Å². The van der Waals surface area contributed by atoms with Gasteiger partial charge in [0, 0.05) is 0 Å². The Labute approximate surface area is 218 Å². The summed E-state index contributed by atoms with van der Waals surface area (Å²) in [6.07, 6.45) is 14.7. The number of carbonyl (C=O) groups excluding carboxylic acids is 2. The van der Waals surface area contributed by atoms with Crippen LogP contribution < -0.4 is 9.47 Å². The zero-order valence-electron chi connectivity index (χ0n) is 21.6. The quantitative estimate of drug-likeness (QED) is 0.0831. The van der Waals surface area contributed by atoms with Crippen molar-refractivity contribution in [2.45, 2.75) is 102 Å². The summed E-state index contributed by atoms with van der Waals surface area (Å²) in [5.41, 5.74) is 2.27. The van der Waals surface area contributed by atoms with Gasteiger partial charge in [-0.05, 0) is 0 Å². The second kappa shape index (κ2) is 18.2. The van der Waals surface area contributed by atoms with E-state index in [4.69, 9.17) is 9.47 Å². The summed E-state index contributed by atoms with van der Waals surface area (Å²) >= 11 is 0.798. The third-order valence-corrected chi connectivity index (χ3v) is 8.34. The molecule has 2 aromatic rings. The molecule has 0 saturated heterocycles. The number of unbranched alkanes of at least 4 members (excludes halogenated alkanes) is 8. The maximum absolute atomic E-state index is 11.2. The zero-order chi connectivity index (χ0) is 25.1. The van der Waals surface area contributed by atoms with E-state index in [1.807, 2.05) is 36.4 Å². The van der Waals surface area contributed by atoms with Gasteiger partial charge in [0.15, 0.2) is 0 Å². The summed E-state index contributed by atoms with van der Waals surface area (Å²) in [4.78, 5) is 22.4. The standard InChI is InChI=1S/C30H42O4Se/c1-25(31)33-29-21-13-11-19-27(29)17-9-5-3-7-15-23-35-24-16-8-4-6-10-18-28-20-12-14-22-30(28)34-26(2)32/h11-14,19-22H,3-10,15-18,23-24H2,1-2H3. The Morgan fingerprint density at radius 1 is 0.571 bits per heavy atom. The monoisotopic (exact) mass is 546 g/mol. The minimum atomic E-state index is -0.251. The van der Waals surface area contributed by atoms with Crippen molar-refractivity contribution in [3.8, 4) is 11.5 Å². The molecule has 5 heteroatoms. The third kappa shape index (κ3) is 13.5. The number of esters is 2. The van der Waals surface area contributed by atoms with E-state index in [2.05, 4.69) is 12.1 Å². The van der Waals surface area contributed by atoms with E-state index >= 15 is 0 Å². The molecule has 2 aromatic carbocycles. The van der Waals surface area contributed by atoms with Gasteiger partial charge in [0.25, 0.3) is 0 Å². The van der Waals surface area contributed by atoms with E-state index in [0.717, 1.165) is 51.8 Å². The zero-order valence-corrected chi connectivity index (χ0v) is 23.3. The fourth-order valence-corrected chi connectivity index (χ4v) is 6.27. The van der Waals surface area contributed by atoms with Crippen LogP contribution in [0.25, 0.3) is 0 Å². The SMILES string of the molecule is CC(=O)Oc1ccccc1CCCCCCC[Se]CCCCCCCc1ccccc1OC(C)=O. The molecule has 0 N–H and O–H groups in total. The van der Waals surface area contributed by atoms with E-state index in [1.54, 1.807) is 0 Å². The van der Waals surface area contributed by atoms with Gasteiger partial charge >= 0.3 is 219 Å². The fraction of sp³-hybridized carbons (Fsp3) is 0.533. The topological polar surface area (TPSA) is 52.6 Å². The number of carbonyl (C=O) groups is 2. The molecule has 0 fully saturated rings. The number of benzene rings is 2. The normalized spacial score (nSPS) is 10.8. The molecular formula is C30H42O4Se. The Morgan fingerprint density at radius 3 is 1.37 bits per heavy atom. The molecule has 192 valence electrons. The first-order chi connectivity index (χ1) is 17.1. The third-order valence-electron chi connectivity index (χ3n) is 5.92. The van der Waals surface area contributed by atoms with Crippen LogP contribution in [-0.2, 0) is 22.4 Å². The second-order valence-corrected chi connectivity index (χ2v) is 11.6. The molecule has 4 nitrogen and oxygen atoms in total. The Morgan fingerprint density at radius 2 is 0.943 bits per heavy atom. The van der Waals surface area contributed by atoms with Gasteiger partial charge in [-0.1, -0.05) is 0 Å². The van der Waals surface area contributed by atoms with Crippen molar-refractivity contribution in [3.63, 3.8) is 0 Å². The van der Waals surface area contributed by atoms with Crippen molar-refractivity contribution in [1.29, 1.82) is 0 Å². The van der Waals surface area contributed by atoms with Crippen LogP contribution in [0.3, 0.4) is 0 Å². The van der Waals surface area contributed by atoms with E-state index in [-0.39, 0.29) is 11.9 Å². The summed E-state index contributed by atoms with van der Waals surface area (Å²) in [6.45, 7) is 2.91. The minimum absolute atomic E-state index is 0.251. The van der Waals surface area contributed by atoms with Crippen molar-refractivity contribution in [3.05, 3.63) is 59.7 Å². The van der Waals surface area contributed by atoms with Gasteiger partial charge in [0.05, 0.1) is 0 Å². The first kappa shape index (κ1) is 29.1. The van der Waals surface area contributed by atoms with Crippen LogP contribution >= 0.6 is 0 Å². The number of aryl methyl sites for hydroxylation is 2. The summed E-state index contributed by atoms with van der Waals surface area (Å²) in [5, 5.41) is 2.82. The van der Waals surface area contributed by atoms with Gasteiger partial charge in [-0.15, -0.1) is 0 Å². The maximum atomic E-state index is 11.2. The summed E-state index contributed by atoms with van der Waals surface area (Å²) in [6, 6.07) is 15.7. The molecule has 0 saturated carbocycles. The summed E-state index contributed by atoms with van der Waals surface area (Å²) in [7, 11) is 0. The fourth-order valence-electron chi connectivity index (χ4n) is 4.13. The predicted molar refractivity (Wildman–Crippen MR) is 144 cm³/mol. The van der Waals surface area contributed by atoms with Crippen molar-refractivity contribution in [1.82, 2.24) is 0 Å². The Hall–Kier alpha value is -2.10. The number of ether oxygens (including phenoxy) is 2. The Balaban J connectivity index is 1.39. The molecule has 0 aromatic heterocycles. The molecule has 0 aliphatic rings. The van der Waals surface area contributed by atoms with Gasteiger partial charge in [-0.2, -0.15) is 0 Å². The van der Waals surface area contributed by atoms with Crippen molar-refractivity contribution in [2.24, 2.45) is 0 Å². The second-order valence-electron chi connectivity index (χ2n) is 9.05. The van der Waals surface area contributed by atoms with E-state index < -0.39 is 0 Å². The first-order valence-electron chi connectivity index (χ1n) is 13.2. The number of hydrogen-bond acceptors (Lipinski definition) is 4. The summed E-state index contributed by atoms with van der Waals surface area (Å²) in [5.74, 6) is 0.927. The molecule has 0 unspecified atom stereocenters. The molecule has 0 atom stereocenters. The molecule has 0 heterocycles. The predicted octanol–water partition coefficient (Wildman–Crippen LogP) is 7.76. The van der Waals surface area contributed by atoms with Gasteiger partial charge < -0.3 is 0 Å². The number of hydrogen-bond donors (Lipinski definition) is 0. The van der Waals surface area contributed by atoms with Crippen molar-refractivity contribution >= 4 is 26.9 Å². The van der Waals surface area contributed by atoms with Gasteiger partial charge in [0.1, 0.15) is 0 Å². The molecule has 0 bridgehead atoms. The molecule has 0 amide bonds. The molecule has 2 rings (SSSR count). The van der Waals surface area contributed by atoms with Gasteiger partial charge in [-0.3, -0.25) is 0 Å². The number of para-hydroxylation sites is 2. The molecule has 0 aliphatic heterocycles. The molecular weight excluding hydrogens is 503 g/mol. The average Bonchev–Trinajstić information content (AvgIpc) is 2.83. The van der Waals surface area contributed by atoms with Crippen LogP contribution in [-0.4, -0.2) is 26.9 Å². The average molecular weight is 546 g/mol. The van der Waals surface area contributed by atoms with Crippen LogP contribution in [0, 0.1) is 0 Å².